The molecule has 0 amide bonds. The molecule has 126 valence electrons. The molecule has 0 atom stereocenters. The maximum absolute atomic E-state index is 13.9. The molecule has 0 aliphatic rings. The number of halogens is 2. The highest BCUT2D eigenvalue weighted by Crippen LogP contribution is 2.22. The van der Waals surface area contributed by atoms with E-state index in [0.717, 1.165) is 12.8 Å². The second-order valence-electron chi connectivity index (χ2n) is 5.34. The average molecular weight is 333 g/mol. The molecule has 0 radical (unpaired) electrons. The Labute approximate surface area is 137 Å². The molecule has 24 heavy (non-hydrogen) atoms. The average Bonchev–Trinajstić information content (AvgIpc) is 2.95. The smallest absolute Gasteiger partial charge is 0.320 e. The first kappa shape index (κ1) is 16.1. The molecule has 1 aromatic carbocycles. The van der Waals surface area contributed by atoms with E-state index in [0.29, 0.717) is 17.8 Å². The first-order chi connectivity index (χ1) is 11.6. The minimum absolute atomic E-state index is 0.0557. The quantitative estimate of drug-likeness (QED) is 0.702. The van der Waals surface area contributed by atoms with Crippen molar-refractivity contribution in [3.05, 3.63) is 41.7 Å². The van der Waals surface area contributed by atoms with E-state index in [-0.39, 0.29) is 23.9 Å². The van der Waals surface area contributed by atoms with E-state index in [1.54, 1.807) is 0 Å². The Kier molecular flexibility index (Phi) is 4.54. The van der Waals surface area contributed by atoms with Gasteiger partial charge in [0.25, 0.3) is 0 Å². The first-order valence-corrected chi connectivity index (χ1v) is 7.64. The number of ether oxygens (including phenoxy) is 1. The van der Waals surface area contributed by atoms with E-state index >= 15 is 0 Å². The van der Waals surface area contributed by atoms with Crippen LogP contribution in [0.1, 0.15) is 25.3 Å². The van der Waals surface area contributed by atoms with Crippen LogP contribution in [0.2, 0.25) is 0 Å². The summed E-state index contributed by atoms with van der Waals surface area (Å²) in [6.45, 7) is 2.46. The molecule has 2 aromatic heterocycles. The summed E-state index contributed by atoms with van der Waals surface area (Å²) in [7, 11) is 0. The fourth-order valence-electron chi connectivity index (χ4n) is 2.29. The third-order valence-corrected chi connectivity index (χ3v) is 3.59. The van der Waals surface area contributed by atoms with E-state index in [1.807, 2.05) is 6.92 Å². The third-order valence-electron chi connectivity index (χ3n) is 3.59. The van der Waals surface area contributed by atoms with Crippen LogP contribution in [-0.2, 0) is 6.54 Å². The van der Waals surface area contributed by atoms with Crippen molar-refractivity contribution in [2.75, 3.05) is 12.3 Å². The molecule has 0 spiro atoms. The lowest BCUT2D eigenvalue weighted by Crippen LogP contribution is -2.07. The zero-order valence-electron chi connectivity index (χ0n) is 13.2. The van der Waals surface area contributed by atoms with Crippen LogP contribution < -0.4 is 10.5 Å². The van der Waals surface area contributed by atoms with Gasteiger partial charge in [-0.2, -0.15) is 9.97 Å². The summed E-state index contributed by atoms with van der Waals surface area (Å²) in [5.41, 5.74) is 6.55. The Bertz CT molecular complexity index is 845. The largest absolute Gasteiger partial charge is 0.463 e. The van der Waals surface area contributed by atoms with Crippen LogP contribution in [-0.4, -0.2) is 26.1 Å². The molecule has 0 aliphatic carbocycles. The molecule has 2 heterocycles. The first-order valence-electron chi connectivity index (χ1n) is 7.64. The van der Waals surface area contributed by atoms with Crippen molar-refractivity contribution < 1.29 is 13.5 Å². The zero-order valence-corrected chi connectivity index (χ0v) is 13.2. The molecule has 3 rings (SSSR count). The predicted octanol–water partition coefficient (Wildman–Crippen LogP) is 2.91. The van der Waals surface area contributed by atoms with E-state index in [9.17, 15) is 8.78 Å². The number of nitrogens with zero attached hydrogens (tertiary/aromatic N) is 4. The number of rotatable bonds is 6. The van der Waals surface area contributed by atoms with Crippen molar-refractivity contribution >= 4 is 17.0 Å². The summed E-state index contributed by atoms with van der Waals surface area (Å²) in [6.07, 6.45) is 3.26. The number of nitrogen functional groups attached to an aromatic ring is 1. The van der Waals surface area contributed by atoms with Crippen molar-refractivity contribution in [1.82, 2.24) is 19.5 Å². The van der Waals surface area contributed by atoms with Gasteiger partial charge >= 0.3 is 6.01 Å². The molecule has 0 aliphatic heterocycles. The minimum Gasteiger partial charge on any atom is -0.463 e. The number of hydrogen-bond donors (Lipinski definition) is 1. The van der Waals surface area contributed by atoms with Crippen LogP contribution in [0.4, 0.5) is 14.6 Å². The number of imidazole rings is 1. The van der Waals surface area contributed by atoms with E-state index in [4.69, 9.17) is 10.5 Å². The standard InChI is InChI=1S/C16H17F2N5O/c1-2-3-7-24-16-21-14(19)13-15(22-16)23(9-20-13)8-10-11(17)5-4-6-12(10)18/h4-6,9H,2-3,7-8H2,1H3,(H2,19,21,22). The van der Waals surface area contributed by atoms with Gasteiger partial charge < -0.3 is 15.0 Å². The number of anilines is 1. The van der Waals surface area contributed by atoms with E-state index in [2.05, 4.69) is 15.0 Å². The van der Waals surface area contributed by atoms with Gasteiger partial charge in [0.15, 0.2) is 17.0 Å². The minimum atomic E-state index is -0.627. The van der Waals surface area contributed by atoms with Crippen LogP contribution in [0, 0.1) is 11.6 Å². The number of hydrogen-bond acceptors (Lipinski definition) is 5. The Morgan fingerprint density at radius 2 is 1.96 bits per heavy atom. The number of benzene rings is 1. The molecule has 2 N–H and O–H groups in total. The molecular weight excluding hydrogens is 316 g/mol. The lowest BCUT2D eigenvalue weighted by Gasteiger charge is -2.08. The number of unbranched alkanes of at least 4 members (excludes halogenated alkanes) is 1. The Morgan fingerprint density at radius 1 is 1.21 bits per heavy atom. The van der Waals surface area contributed by atoms with Crippen molar-refractivity contribution in [3.63, 3.8) is 0 Å². The van der Waals surface area contributed by atoms with Crippen LogP contribution in [0.3, 0.4) is 0 Å². The molecule has 8 heteroatoms. The lowest BCUT2D eigenvalue weighted by atomic mass is 10.2. The van der Waals surface area contributed by atoms with Gasteiger partial charge in [0.1, 0.15) is 11.6 Å². The monoisotopic (exact) mass is 333 g/mol. The van der Waals surface area contributed by atoms with E-state index in [1.165, 1.54) is 29.1 Å². The molecule has 0 saturated carbocycles. The van der Waals surface area contributed by atoms with Gasteiger partial charge in [-0.1, -0.05) is 19.4 Å². The highest BCUT2D eigenvalue weighted by atomic mass is 19.1. The van der Waals surface area contributed by atoms with Gasteiger partial charge in [-0.3, -0.25) is 0 Å². The zero-order chi connectivity index (χ0) is 17.1. The number of aromatic nitrogens is 4. The Hall–Kier alpha value is -2.77. The molecule has 0 saturated heterocycles. The Balaban J connectivity index is 1.96. The summed E-state index contributed by atoms with van der Waals surface area (Å²) in [5.74, 6) is -1.09. The topological polar surface area (TPSA) is 78.9 Å². The van der Waals surface area contributed by atoms with Crippen molar-refractivity contribution in [3.8, 4) is 6.01 Å². The van der Waals surface area contributed by atoms with Crippen molar-refractivity contribution in [1.29, 1.82) is 0 Å². The highest BCUT2D eigenvalue weighted by Gasteiger charge is 2.15. The SMILES string of the molecule is CCCCOc1nc(N)c2ncn(Cc3c(F)cccc3F)c2n1. The summed E-state index contributed by atoms with van der Waals surface area (Å²) in [5, 5.41) is 0. The fraction of sp³-hybridized carbons (Fsp3) is 0.312. The molecule has 6 nitrogen and oxygen atoms in total. The van der Waals surface area contributed by atoms with Gasteiger partial charge in [-0.15, -0.1) is 0 Å². The summed E-state index contributed by atoms with van der Waals surface area (Å²) in [4.78, 5) is 12.4. The summed E-state index contributed by atoms with van der Waals surface area (Å²) >= 11 is 0. The van der Waals surface area contributed by atoms with Gasteiger partial charge in [-0.05, 0) is 18.6 Å². The highest BCUT2D eigenvalue weighted by molar-refractivity contribution is 5.81. The molecular formula is C16H17F2N5O. The van der Waals surface area contributed by atoms with Crippen molar-refractivity contribution in [2.45, 2.75) is 26.3 Å². The van der Waals surface area contributed by atoms with Crippen LogP contribution in [0.15, 0.2) is 24.5 Å². The lowest BCUT2D eigenvalue weighted by molar-refractivity contribution is 0.286. The summed E-state index contributed by atoms with van der Waals surface area (Å²) < 4.78 is 34.7. The molecule has 0 unspecified atom stereocenters. The van der Waals surface area contributed by atoms with Gasteiger partial charge in [0.05, 0.1) is 19.5 Å². The molecule has 0 bridgehead atoms. The second-order valence-corrected chi connectivity index (χ2v) is 5.34. The third kappa shape index (κ3) is 3.12. The maximum Gasteiger partial charge on any atom is 0.320 e. The second kappa shape index (κ2) is 6.77. The fourth-order valence-corrected chi connectivity index (χ4v) is 2.29. The normalized spacial score (nSPS) is 11.1. The van der Waals surface area contributed by atoms with Gasteiger partial charge in [0.2, 0.25) is 0 Å². The van der Waals surface area contributed by atoms with Crippen LogP contribution in [0.25, 0.3) is 11.2 Å². The van der Waals surface area contributed by atoms with Crippen molar-refractivity contribution in [2.24, 2.45) is 0 Å². The Morgan fingerprint density at radius 3 is 2.67 bits per heavy atom. The number of fused-ring (bicyclic) bond motifs is 1. The van der Waals surface area contributed by atoms with Crippen LogP contribution >= 0.6 is 0 Å². The molecule has 3 aromatic rings. The summed E-state index contributed by atoms with van der Waals surface area (Å²) in [6, 6.07) is 3.87. The van der Waals surface area contributed by atoms with Gasteiger partial charge in [-0.25, -0.2) is 13.8 Å². The van der Waals surface area contributed by atoms with E-state index < -0.39 is 11.6 Å². The van der Waals surface area contributed by atoms with Crippen LogP contribution in [0.5, 0.6) is 6.01 Å². The maximum atomic E-state index is 13.9. The number of nitrogens with two attached hydrogens (primary N) is 1. The van der Waals surface area contributed by atoms with Gasteiger partial charge in [0, 0.05) is 5.56 Å². The predicted molar refractivity (Wildman–Crippen MR) is 85.6 cm³/mol. The molecule has 0 fully saturated rings.